The van der Waals surface area contributed by atoms with E-state index in [1.54, 1.807) is 6.92 Å². The average molecular weight is 172 g/mol. The summed E-state index contributed by atoms with van der Waals surface area (Å²) in [5, 5.41) is 17.8. The number of carbonyl (C=O) groups excluding carboxylic acids is 1. The Morgan fingerprint density at radius 2 is 2.08 bits per heavy atom. The van der Waals surface area contributed by atoms with Crippen LogP contribution in [0.4, 0.5) is 0 Å². The first-order chi connectivity index (χ1) is 5.43. The van der Waals surface area contributed by atoms with Gasteiger partial charge in [0.25, 0.3) is 0 Å². The molecule has 0 bridgehead atoms. The summed E-state index contributed by atoms with van der Waals surface area (Å²) in [7, 11) is 0. The second kappa shape index (κ2) is 4.48. The summed E-state index contributed by atoms with van der Waals surface area (Å²) in [6, 6.07) is -0.300. The Labute approximate surface area is 70.3 Å². The van der Waals surface area contributed by atoms with Crippen molar-refractivity contribution >= 4 is 17.6 Å². The minimum Gasteiger partial charge on any atom is -0.477 e. The van der Waals surface area contributed by atoms with Gasteiger partial charge in [-0.05, 0) is 6.92 Å². The molecule has 12 heavy (non-hydrogen) atoms. The first-order valence-electron chi connectivity index (χ1n) is 3.51. The van der Waals surface area contributed by atoms with Crippen molar-refractivity contribution in [2.24, 2.45) is 0 Å². The van der Waals surface area contributed by atoms with Crippen LogP contribution in [-0.2, 0) is 9.59 Å². The highest BCUT2D eigenvalue weighted by Gasteiger charge is 2.11. The Balaban J connectivity index is 3.84. The lowest BCUT2D eigenvalue weighted by Gasteiger charge is -2.10. The molecule has 0 rings (SSSR count). The van der Waals surface area contributed by atoms with E-state index in [-0.39, 0.29) is 18.4 Å². The molecule has 0 fully saturated rings. The van der Waals surface area contributed by atoms with Gasteiger partial charge in [-0.1, -0.05) is 0 Å². The van der Waals surface area contributed by atoms with Crippen molar-refractivity contribution in [2.45, 2.75) is 26.3 Å². The first kappa shape index (κ1) is 10.6. The summed E-state index contributed by atoms with van der Waals surface area (Å²) in [5.74, 6) is -1.46. The normalized spacial score (nSPS) is 11.8. The van der Waals surface area contributed by atoms with Crippen molar-refractivity contribution in [3.63, 3.8) is 0 Å². The van der Waals surface area contributed by atoms with Gasteiger partial charge in [-0.2, -0.15) is 0 Å². The third kappa shape index (κ3) is 4.43. The van der Waals surface area contributed by atoms with Crippen LogP contribution in [0.3, 0.4) is 0 Å². The maximum Gasteiger partial charge on any atom is 0.349 e. The Morgan fingerprint density at radius 3 is 2.42 bits per heavy atom. The molecule has 0 spiro atoms. The third-order valence-electron chi connectivity index (χ3n) is 1.22. The van der Waals surface area contributed by atoms with E-state index in [9.17, 15) is 9.59 Å². The van der Waals surface area contributed by atoms with Gasteiger partial charge in [-0.25, -0.2) is 4.79 Å². The molecule has 3 N–H and O–H groups in total. The van der Waals surface area contributed by atoms with E-state index in [0.717, 1.165) is 0 Å². The molecule has 0 heterocycles. The number of nitrogens with one attached hydrogen (secondary N) is 2. The Morgan fingerprint density at radius 1 is 1.58 bits per heavy atom. The lowest BCUT2D eigenvalue weighted by Crippen LogP contribution is -2.33. The zero-order chi connectivity index (χ0) is 9.72. The van der Waals surface area contributed by atoms with Gasteiger partial charge < -0.3 is 10.4 Å². The molecule has 5 nitrogen and oxygen atoms in total. The molecule has 1 unspecified atom stereocenters. The molecular weight excluding hydrogens is 160 g/mol. The second-order valence-electron chi connectivity index (χ2n) is 2.59. The van der Waals surface area contributed by atoms with Crippen LogP contribution in [0, 0.1) is 5.41 Å². The summed E-state index contributed by atoms with van der Waals surface area (Å²) in [6.45, 7) is 3.00. The largest absolute Gasteiger partial charge is 0.477 e. The molecule has 68 valence electrons. The lowest BCUT2D eigenvalue weighted by molar-refractivity contribution is -0.129. The van der Waals surface area contributed by atoms with Gasteiger partial charge in [0.2, 0.25) is 5.91 Å². The van der Waals surface area contributed by atoms with E-state index in [4.69, 9.17) is 10.5 Å². The zero-order valence-corrected chi connectivity index (χ0v) is 7.05. The highest BCUT2D eigenvalue weighted by molar-refractivity contribution is 6.34. The molecule has 0 aliphatic carbocycles. The van der Waals surface area contributed by atoms with Crippen LogP contribution in [0.2, 0.25) is 0 Å². The Hall–Kier alpha value is -1.39. The lowest BCUT2D eigenvalue weighted by atomic mass is 10.1. The van der Waals surface area contributed by atoms with Crippen molar-refractivity contribution in [3.8, 4) is 0 Å². The third-order valence-corrected chi connectivity index (χ3v) is 1.22. The summed E-state index contributed by atoms with van der Waals surface area (Å²) >= 11 is 0. The van der Waals surface area contributed by atoms with Crippen LogP contribution in [0.5, 0.6) is 0 Å². The molecule has 0 radical (unpaired) electrons. The highest BCUT2D eigenvalue weighted by Crippen LogP contribution is 1.92. The second-order valence-corrected chi connectivity index (χ2v) is 2.59. The maximum absolute atomic E-state index is 10.5. The Kier molecular flexibility index (Phi) is 3.96. The van der Waals surface area contributed by atoms with Gasteiger partial charge in [0.1, 0.15) is 5.71 Å². The molecule has 5 heteroatoms. The molecule has 1 amide bonds. The molecule has 0 aliphatic rings. The zero-order valence-electron chi connectivity index (χ0n) is 7.05. The van der Waals surface area contributed by atoms with Gasteiger partial charge in [-0.15, -0.1) is 0 Å². The van der Waals surface area contributed by atoms with E-state index < -0.39 is 11.7 Å². The fourth-order valence-corrected chi connectivity index (χ4v) is 0.792. The van der Waals surface area contributed by atoms with Gasteiger partial charge >= 0.3 is 5.97 Å². The van der Waals surface area contributed by atoms with Gasteiger partial charge in [0, 0.05) is 19.4 Å². The molecular formula is C7H12N2O3. The van der Waals surface area contributed by atoms with E-state index in [1.807, 2.05) is 0 Å². The molecule has 0 saturated heterocycles. The van der Waals surface area contributed by atoms with Crippen LogP contribution in [0.15, 0.2) is 0 Å². The van der Waals surface area contributed by atoms with Crippen LogP contribution >= 0.6 is 0 Å². The van der Waals surface area contributed by atoms with Crippen molar-refractivity contribution in [1.29, 1.82) is 5.41 Å². The smallest absolute Gasteiger partial charge is 0.349 e. The van der Waals surface area contributed by atoms with Crippen LogP contribution in [0.25, 0.3) is 0 Å². The summed E-state index contributed by atoms with van der Waals surface area (Å²) in [5.41, 5.74) is -0.392. The number of carboxylic acids is 1. The fraction of sp³-hybridized carbons (Fsp3) is 0.571. The predicted molar refractivity (Wildman–Crippen MR) is 43.3 cm³/mol. The Bertz CT molecular complexity index is 213. The van der Waals surface area contributed by atoms with Crippen LogP contribution in [-0.4, -0.2) is 28.7 Å². The van der Waals surface area contributed by atoms with Crippen molar-refractivity contribution in [3.05, 3.63) is 0 Å². The quantitative estimate of drug-likeness (QED) is 0.521. The maximum atomic E-state index is 10.5. The van der Waals surface area contributed by atoms with E-state index >= 15 is 0 Å². The molecule has 0 aromatic rings. The van der Waals surface area contributed by atoms with Crippen LogP contribution < -0.4 is 5.32 Å². The molecule has 0 aliphatic heterocycles. The molecule has 0 aromatic heterocycles. The first-order valence-corrected chi connectivity index (χ1v) is 3.51. The number of aliphatic carboxylic acids is 1. The fourth-order valence-electron chi connectivity index (χ4n) is 0.792. The monoisotopic (exact) mass is 172 g/mol. The SMILES string of the molecule is CC(=O)NC(C)CC(=N)C(=O)O. The average Bonchev–Trinajstić information content (AvgIpc) is 1.84. The number of amides is 1. The van der Waals surface area contributed by atoms with E-state index in [1.165, 1.54) is 6.92 Å². The van der Waals surface area contributed by atoms with E-state index in [2.05, 4.69) is 5.32 Å². The summed E-state index contributed by atoms with van der Waals surface area (Å²) < 4.78 is 0. The number of hydrogen-bond donors (Lipinski definition) is 3. The summed E-state index contributed by atoms with van der Waals surface area (Å²) in [6.07, 6.45) is 0.0505. The molecule has 0 aromatic carbocycles. The molecule has 1 atom stereocenters. The predicted octanol–water partition coefficient (Wildman–Crippen LogP) is 0.00547. The van der Waals surface area contributed by atoms with Gasteiger partial charge in [0.15, 0.2) is 0 Å². The molecule has 0 saturated carbocycles. The van der Waals surface area contributed by atoms with Crippen molar-refractivity contribution in [2.75, 3.05) is 0 Å². The van der Waals surface area contributed by atoms with Crippen molar-refractivity contribution < 1.29 is 14.7 Å². The number of hydrogen-bond acceptors (Lipinski definition) is 3. The highest BCUT2D eigenvalue weighted by atomic mass is 16.4. The van der Waals surface area contributed by atoms with E-state index in [0.29, 0.717) is 0 Å². The van der Waals surface area contributed by atoms with Gasteiger partial charge in [-0.3, -0.25) is 10.2 Å². The standard InChI is InChI=1S/C7H12N2O3/c1-4(9-5(2)10)3-6(8)7(11)12/h4,8H,3H2,1-2H3,(H,9,10)(H,11,12). The number of carboxylic acid groups (broad SMARTS) is 1. The van der Waals surface area contributed by atoms with Gasteiger partial charge in [0.05, 0.1) is 0 Å². The number of rotatable bonds is 4. The number of carbonyl (C=O) groups is 2. The van der Waals surface area contributed by atoms with Crippen molar-refractivity contribution in [1.82, 2.24) is 5.32 Å². The minimum absolute atomic E-state index is 0.0505. The van der Waals surface area contributed by atoms with Crippen LogP contribution in [0.1, 0.15) is 20.3 Å². The topological polar surface area (TPSA) is 90.3 Å². The minimum atomic E-state index is -1.24. The summed E-state index contributed by atoms with van der Waals surface area (Å²) in [4.78, 5) is 20.7.